The first-order valence-electron chi connectivity index (χ1n) is 6.56. The van der Waals surface area contributed by atoms with Gasteiger partial charge in [0.2, 0.25) is 5.91 Å². The van der Waals surface area contributed by atoms with Crippen molar-refractivity contribution in [2.45, 2.75) is 25.8 Å². The van der Waals surface area contributed by atoms with Gasteiger partial charge in [0.15, 0.2) is 4.77 Å². The Bertz CT molecular complexity index is 654. The molecule has 0 saturated carbocycles. The van der Waals surface area contributed by atoms with Crippen molar-refractivity contribution in [2.24, 2.45) is 0 Å². The van der Waals surface area contributed by atoms with E-state index in [4.69, 9.17) is 12.2 Å². The third kappa shape index (κ3) is 2.40. The average Bonchev–Trinajstić information content (AvgIpc) is 3.03. The lowest BCUT2D eigenvalue weighted by atomic mass is 10.3. The van der Waals surface area contributed by atoms with Gasteiger partial charge < -0.3 is 14.5 Å². The standard InChI is InChI=1S/C13H16N4OS/c18-12(16-6-1-2-7-16)4-8-17-11-3-5-14-9-10(11)15-13(17)19/h3,5,9H,1-2,4,6-8H2,(H,15,19). The van der Waals surface area contributed by atoms with Crippen LogP contribution in [0.4, 0.5) is 0 Å². The van der Waals surface area contributed by atoms with Gasteiger partial charge in [-0.3, -0.25) is 9.78 Å². The molecule has 3 heterocycles. The van der Waals surface area contributed by atoms with Crippen LogP contribution in [0.15, 0.2) is 18.5 Å². The number of nitrogens with zero attached hydrogens (tertiary/aromatic N) is 3. The predicted molar refractivity (Wildman–Crippen MR) is 75.3 cm³/mol. The molecular weight excluding hydrogens is 260 g/mol. The molecule has 0 aliphatic carbocycles. The van der Waals surface area contributed by atoms with Crippen LogP contribution in [0.5, 0.6) is 0 Å². The maximum atomic E-state index is 12.0. The molecule has 3 rings (SSSR count). The number of carbonyl (C=O) groups is 1. The number of aryl methyl sites for hydroxylation is 1. The number of hydrogen-bond donors (Lipinski definition) is 1. The largest absolute Gasteiger partial charge is 0.343 e. The van der Waals surface area contributed by atoms with Crippen molar-refractivity contribution < 1.29 is 4.79 Å². The third-order valence-electron chi connectivity index (χ3n) is 3.58. The van der Waals surface area contributed by atoms with Crippen LogP contribution in [0, 0.1) is 4.77 Å². The fourth-order valence-electron chi connectivity index (χ4n) is 2.56. The minimum absolute atomic E-state index is 0.225. The van der Waals surface area contributed by atoms with Crippen molar-refractivity contribution in [2.75, 3.05) is 13.1 Å². The summed E-state index contributed by atoms with van der Waals surface area (Å²) in [7, 11) is 0. The number of rotatable bonds is 3. The van der Waals surface area contributed by atoms with E-state index in [0.717, 1.165) is 37.0 Å². The van der Waals surface area contributed by atoms with Gasteiger partial charge in [-0.2, -0.15) is 0 Å². The number of aromatic amines is 1. The molecule has 1 N–H and O–H groups in total. The van der Waals surface area contributed by atoms with E-state index in [1.807, 2.05) is 15.5 Å². The van der Waals surface area contributed by atoms with Crippen LogP contribution in [-0.2, 0) is 11.3 Å². The number of hydrogen-bond acceptors (Lipinski definition) is 3. The second-order valence-electron chi connectivity index (χ2n) is 4.81. The smallest absolute Gasteiger partial charge is 0.224 e. The highest BCUT2D eigenvalue weighted by atomic mass is 32.1. The molecule has 19 heavy (non-hydrogen) atoms. The summed E-state index contributed by atoms with van der Waals surface area (Å²) in [5.41, 5.74) is 1.93. The lowest BCUT2D eigenvalue weighted by Gasteiger charge is -2.15. The van der Waals surface area contributed by atoms with Crippen LogP contribution >= 0.6 is 12.2 Å². The second kappa shape index (κ2) is 5.13. The Labute approximate surface area is 116 Å². The SMILES string of the molecule is O=C(CCn1c(=S)[nH]c2cnccc21)N1CCCC1. The van der Waals surface area contributed by atoms with Crippen molar-refractivity contribution in [1.29, 1.82) is 0 Å². The Balaban J connectivity index is 1.76. The van der Waals surface area contributed by atoms with E-state index in [0.29, 0.717) is 17.7 Å². The third-order valence-corrected chi connectivity index (χ3v) is 3.91. The van der Waals surface area contributed by atoms with Gasteiger partial charge >= 0.3 is 0 Å². The van der Waals surface area contributed by atoms with E-state index in [-0.39, 0.29) is 5.91 Å². The molecule has 1 aliphatic heterocycles. The van der Waals surface area contributed by atoms with Gasteiger partial charge in [-0.05, 0) is 31.1 Å². The van der Waals surface area contributed by atoms with Gasteiger partial charge in [0.1, 0.15) is 0 Å². The van der Waals surface area contributed by atoms with E-state index in [1.165, 1.54) is 0 Å². The number of pyridine rings is 1. The molecule has 0 aromatic carbocycles. The molecule has 0 radical (unpaired) electrons. The molecule has 1 aliphatic rings. The minimum atomic E-state index is 0.225. The Hall–Kier alpha value is -1.69. The zero-order chi connectivity index (χ0) is 13.2. The second-order valence-corrected chi connectivity index (χ2v) is 5.20. The van der Waals surface area contributed by atoms with E-state index >= 15 is 0 Å². The molecule has 2 aromatic rings. The summed E-state index contributed by atoms with van der Waals surface area (Å²) in [4.78, 5) is 21.2. The molecule has 0 spiro atoms. The number of carbonyl (C=O) groups excluding carboxylic acids is 1. The summed E-state index contributed by atoms with van der Waals surface area (Å²) in [5.74, 6) is 0.225. The van der Waals surface area contributed by atoms with Gasteiger partial charge in [0, 0.05) is 32.3 Å². The highest BCUT2D eigenvalue weighted by Crippen LogP contribution is 2.14. The lowest BCUT2D eigenvalue weighted by Crippen LogP contribution is -2.28. The van der Waals surface area contributed by atoms with E-state index < -0.39 is 0 Å². The van der Waals surface area contributed by atoms with Crippen molar-refractivity contribution >= 4 is 29.2 Å². The Kier molecular flexibility index (Phi) is 3.33. The van der Waals surface area contributed by atoms with Crippen molar-refractivity contribution in [1.82, 2.24) is 19.4 Å². The number of H-pyrrole nitrogens is 1. The van der Waals surface area contributed by atoms with Crippen molar-refractivity contribution in [3.05, 3.63) is 23.2 Å². The first-order chi connectivity index (χ1) is 9.25. The molecule has 2 aromatic heterocycles. The maximum Gasteiger partial charge on any atom is 0.224 e. The number of likely N-dealkylation sites (tertiary alicyclic amines) is 1. The van der Waals surface area contributed by atoms with E-state index in [1.54, 1.807) is 12.4 Å². The maximum absolute atomic E-state index is 12.0. The zero-order valence-electron chi connectivity index (χ0n) is 10.6. The molecule has 0 unspecified atom stereocenters. The summed E-state index contributed by atoms with van der Waals surface area (Å²) in [6.45, 7) is 2.43. The summed E-state index contributed by atoms with van der Waals surface area (Å²) < 4.78 is 2.62. The van der Waals surface area contributed by atoms with Crippen LogP contribution < -0.4 is 0 Å². The number of amides is 1. The fourth-order valence-corrected chi connectivity index (χ4v) is 2.86. The molecule has 6 heteroatoms. The molecule has 1 fully saturated rings. The normalized spacial score (nSPS) is 15.3. The lowest BCUT2D eigenvalue weighted by molar-refractivity contribution is -0.130. The Morgan fingerprint density at radius 1 is 1.42 bits per heavy atom. The summed E-state index contributed by atoms with van der Waals surface area (Å²) >= 11 is 5.29. The number of imidazole rings is 1. The Morgan fingerprint density at radius 2 is 2.21 bits per heavy atom. The van der Waals surface area contributed by atoms with Crippen LogP contribution in [0.2, 0.25) is 0 Å². The summed E-state index contributed by atoms with van der Waals surface area (Å²) in [6, 6.07) is 1.92. The zero-order valence-corrected chi connectivity index (χ0v) is 11.4. The first-order valence-corrected chi connectivity index (χ1v) is 6.97. The van der Waals surface area contributed by atoms with Crippen molar-refractivity contribution in [3.63, 3.8) is 0 Å². The summed E-state index contributed by atoms with van der Waals surface area (Å²) in [6.07, 6.45) is 6.26. The highest BCUT2D eigenvalue weighted by Gasteiger charge is 2.17. The first kappa shape index (κ1) is 12.3. The minimum Gasteiger partial charge on any atom is -0.343 e. The molecule has 100 valence electrons. The van der Waals surface area contributed by atoms with Gasteiger partial charge in [-0.15, -0.1) is 0 Å². The van der Waals surface area contributed by atoms with Crippen LogP contribution in [-0.4, -0.2) is 38.4 Å². The van der Waals surface area contributed by atoms with Crippen LogP contribution in [0.25, 0.3) is 11.0 Å². The van der Waals surface area contributed by atoms with Crippen molar-refractivity contribution in [3.8, 4) is 0 Å². The van der Waals surface area contributed by atoms with E-state index in [9.17, 15) is 4.79 Å². The average molecular weight is 276 g/mol. The number of aromatic nitrogens is 3. The van der Waals surface area contributed by atoms with Gasteiger partial charge in [-0.1, -0.05) is 0 Å². The highest BCUT2D eigenvalue weighted by molar-refractivity contribution is 7.71. The topological polar surface area (TPSA) is 53.9 Å². The van der Waals surface area contributed by atoms with Gasteiger partial charge in [-0.25, -0.2) is 0 Å². The predicted octanol–water partition coefficient (Wildman–Crippen LogP) is 2.11. The van der Waals surface area contributed by atoms with Gasteiger partial charge in [0.25, 0.3) is 0 Å². The number of fused-ring (bicyclic) bond motifs is 1. The van der Waals surface area contributed by atoms with Gasteiger partial charge in [0.05, 0.1) is 17.2 Å². The van der Waals surface area contributed by atoms with E-state index in [2.05, 4.69) is 9.97 Å². The molecule has 0 atom stereocenters. The van der Waals surface area contributed by atoms with Crippen LogP contribution in [0.3, 0.4) is 0 Å². The fraction of sp³-hybridized carbons (Fsp3) is 0.462. The molecular formula is C13H16N4OS. The van der Waals surface area contributed by atoms with Crippen LogP contribution in [0.1, 0.15) is 19.3 Å². The number of nitrogens with one attached hydrogen (secondary N) is 1. The molecule has 1 saturated heterocycles. The molecule has 5 nitrogen and oxygen atoms in total. The quantitative estimate of drug-likeness (QED) is 0.874. The monoisotopic (exact) mass is 276 g/mol. The Morgan fingerprint density at radius 3 is 3.00 bits per heavy atom. The molecule has 1 amide bonds. The molecule has 0 bridgehead atoms. The summed E-state index contributed by atoms with van der Waals surface area (Å²) in [5, 5.41) is 0.